The SMILES string of the molecule is NC(=O)N1OCCC1O. The molecule has 1 aliphatic heterocycles. The lowest BCUT2D eigenvalue weighted by atomic mass is 10.4. The monoisotopic (exact) mass is 132 g/mol. The Bertz CT molecular complexity index is 127. The molecule has 0 aromatic rings. The summed E-state index contributed by atoms with van der Waals surface area (Å²) in [6.07, 6.45) is -0.425. The van der Waals surface area contributed by atoms with E-state index in [1.807, 2.05) is 0 Å². The van der Waals surface area contributed by atoms with E-state index in [0.717, 1.165) is 5.06 Å². The highest BCUT2D eigenvalue weighted by Crippen LogP contribution is 2.09. The highest BCUT2D eigenvalue weighted by Gasteiger charge is 2.26. The molecule has 0 radical (unpaired) electrons. The molecule has 0 aromatic heterocycles. The third-order valence-corrected chi connectivity index (χ3v) is 1.09. The molecule has 1 heterocycles. The van der Waals surface area contributed by atoms with Crippen LogP contribution in [-0.4, -0.2) is 29.0 Å². The van der Waals surface area contributed by atoms with Crippen LogP contribution in [0.4, 0.5) is 4.79 Å². The molecule has 1 atom stereocenters. The van der Waals surface area contributed by atoms with Crippen LogP contribution in [0.5, 0.6) is 0 Å². The fourth-order valence-electron chi connectivity index (χ4n) is 0.670. The highest BCUT2D eigenvalue weighted by atomic mass is 16.7. The summed E-state index contributed by atoms with van der Waals surface area (Å²) in [4.78, 5) is 14.9. The number of hydroxylamine groups is 2. The van der Waals surface area contributed by atoms with Crippen molar-refractivity contribution in [3.05, 3.63) is 0 Å². The zero-order chi connectivity index (χ0) is 6.85. The highest BCUT2D eigenvalue weighted by molar-refractivity contribution is 5.71. The van der Waals surface area contributed by atoms with E-state index in [2.05, 4.69) is 4.84 Å². The van der Waals surface area contributed by atoms with E-state index < -0.39 is 12.3 Å². The van der Waals surface area contributed by atoms with Crippen molar-refractivity contribution in [2.75, 3.05) is 6.61 Å². The maximum absolute atomic E-state index is 10.3. The van der Waals surface area contributed by atoms with Crippen LogP contribution < -0.4 is 5.73 Å². The fourth-order valence-corrected chi connectivity index (χ4v) is 0.670. The molecule has 5 heteroatoms. The van der Waals surface area contributed by atoms with Crippen molar-refractivity contribution < 1.29 is 14.7 Å². The van der Waals surface area contributed by atoms with E-state index in [1.165, 1.54) is 0 Å². The Balaban J connectivity index is 2.49. The molecule has 5 nitrogen and oxygen atoms in total. The molecule has 52 valence electrons. The number of nitrogens with zero attached hydrogens (tertiary/aromatic N) is 1. The summed E-state index contributed by atoms with van der Waals surface area (Å²) < 4.78 is 0. The molecule has 0 saturated carbocycles. The number of aliphatic hydroxyl groups excluding tert-OH is 1. The molecular formula is C4H8N2O3. The quantitative estimate of drug-likeness (QED) is 0.444. The fraction of sp³-hybridized carbons (Fsp3) is 0.750. The summed E-state index contributed by atoms with van der Waals surface area (Å²) in [5.74, 6) is 0. The minimum Gasteiger partial charge on any atom is -0.371 e. The third kappa shape index (κ3) is 1.11. The lowest BCUT2D eigenvalue weighted by molar-refractivity contribution is -0.134. The molecule has 2 amide bonds. The van der Waals surface area contributed by atoms with Crippen LogP contribution in [0.25, 0.3) is 0 Å². The lowest BCUT2D eigenvalue weighted by Gasteiger charge is -2.13. The summed E-state index contributed by atoms with van der Waals surface area (Å²) in [5.41, 5.74) is 4.79. The van der Waals surface area contributed by atoms with Crippen LogP contribution in [0, 0.1) is 0 Å². The summed E-state index contributed by atoms with van der Waals surface area (Å²) in [7, 11) is 0. The lowest BCUT2D eigenvalue weighted by Crippen LogP contribution is -2.38. The van der Waals surface area contributed by atoms with Gasteiger partial charge in [-0.2, -0.15) is 5.06 Å². The van der Waals surface area contributed by atoms with Gasteiger partial charge in [0, 0.05) is 6.42 Å². The standard InChI is InChI=1S/C4H8N2O3/c5-4(8)6-3(7)1-2-9-6/h3,7H,1-2H2,(H2,5,8). The normalized spacial score (nSPS) is 26.8. The minimum absolute atomic E-state index is 0.351. The summed E-state index contributed by atoms with van der Waals surface area (Å²) in [6.45, 7) is 0.351. The van der Waals surface area contributed by atoms with Gasteiger partial charge in [0.05, 0.1) is 6.61 Å². The first-order chi connectivity index (χ1) is 4.22. The molecule has 1 aliphatic rings. The van der Waals surface area contributed by atoms with E-state index >= 15 is 0 Å². The summed E-state index contributed by atoms with van der Waals surface area (Å²) >= 11 is 0. The number of urea groups is 1. The second-order valence-corrected chi connectivity index (χ2v) is 1.77. The van der Waals surface area contributed by atoms with Crippen LogP contribution >= 0.6 is 0 Å². The van der Waals surface area contributed by atoms with E-state index in [1.54, 1.807) is 0 Å². The van der Waals surface area contributed by atoms with Crippen LogP contribution in [0.2, 0.25) is 0 Å². The van der Waals surface area contributed by atoms with Gasteiger partial charge in [-0.15, -0.1) is 0 Å². The number of hydrogen-bond donors (Lipinski definition) is 2. The number of nitrogens with two attached hydrogens (primary N) is 1. The Morgan fingerprint density at radius 2 is 2.56 bits per heavy atom. The molecule has 1 saturated heterocycles. The molecule has 3 N–H and O–H groups in total. The van der Waals surface area contributed by atoms with Crippen molar-refractivity contribution in [2.45, 2.75) is 12.6 Å². The number of amides is 2. The average Bonchev–Trinajstić information content (AvgIpc) is 2.13. The van der Waals surface area contributed by atoms with E-state index in [-0.39, 0.29) is 0 Å². The Labute approximate surface area is 52.0 Å². The van der Waals surface area contributed by atoms with Crippen LogP contribution in [-0.2, 0) is 4.84 Å². The second-order valence-electron chi connectivity index (χ2n) is 1.77. The van der Waals surface area contributed by atoms with Crippen LogP contribution in [0.3, 0.4) is 0 Å². The second kappa shape index (κ2) is 2.20. The topological polar surface area (TPSA) is 75.8 Å². The Kier molecular flexibility index (Phi) is 1.54. The first-order valence-electron chi connectivity index (χ1n) is 2.61. The van der Waals surface area contributed by atoms with Gasteiger partial charge in [0.1, 0.15) is 0 Å². The Morgan fingerprint density at radius 3 is 2.78 bits per heavy atom. The molecule has 0 aromatic carbocycles. The van der Waals surface area contributed by atoms with Crippen molar-refractivity contribution in [2.24, 2.45) is 5.73 Å². The van der Waals surface area contributed by atoms with Gasteiger partial charge < -0.3 is 10.8 Å². The van der Waals surface area contributed by atoms with E-state index in [9.17, 15) is 4.79 Å². The molecule has 1 unspecified atom stereocenters. The number of carbonyl (C=O) groups excluding carboxylic acids is 1. The molecule has 0 bridgehead atoms. The first-order valence-corrected chi connectivity index (χ1v) is 2.61. The van der Waals surface area contributed by atoms with Gasteiger partial charge in [-0.3, -0.25) is 4.84 Å². The van der Waals surface area contributed by atoms with Crippen molar-refractivity contribution in [3.8, 4) is 0 Å². The predicted molar refractivity (Wildman–Crippen MR) is 28.0 cm³/mol. The zero-order valence-corrected chi connectivity index (χ0v) is 4.78. The summed E-state index contributed by atoms with van der Waals surface area (Å²) in [6, 6.07) is -0.750. The number of rotatable bonds is 0. The molecule has 1 rings (SSSR count). The average molecular weight is 132 g/mol. The first kappa shape index (κ1) is 6.31. The molecule has 0 spiro atoms. The van der Waals surface area contributed by atoms with Crippen molar-refractivity contribution in [3.63, 3.8) is 0 Å². The number of primary amides is 1. The number of hydrogen-bond acceptors (Lipinski definition) is 3. The van der Waals surface area contributed by atoms with Gasteiger partial charge in [-0.05, 0) is 0 Å². The largest absolute Gasteiger partial charge is 0.371 e. The van der Waals surface area contributed by atoms with E-state index in [0.29, 0.717) is 13.0 Å². The molecular weight excluding hydrogens is 124 g/mol. The smallest absolute Gasteiger partial charge is 0.341 e. The van der Waals surface area contributed by atoms with Gasteiger partial charge >= 0.3 is 6.03 Å². The Morgan fingerprint density at radius 1 is 1.89 bits per heavy atom. The van der Waals surface area contributed by atoms with Gasteiger partial charge in [-0.25, -0.2) is 4.79 Å². The van der Waals surface area contributed by atoms with Crippen molar-refractivity contribution >= 4 is 6.03 Å². The van der Waals surface area contributed by atoms with E-state index in [4.69, 9.17) is 10.8 Å². The third-order valence-electron chi connectivity index (χ3n) is 1.09. The van der Waals surface area contributed by atoms with Crippen molar-refractivity contribution in [1.29, 1.82) is 0 Å². The Hall–Kier alpha value is -0.810. The van der Waals surface area contributed by atoms with Gasteiger partial charge in [0.25, 0.3) is 0 Å². The van der Waals surface area contributed by atoms with Gasteiger partial charge in [-0.1, -0.05) is 0 Å². The molecule has 1 fully saturated rings. The maximum atomic E-state index is 10.3. The van der Waals surface area contributed by atoms with Crippen LogP contribution in [0.1, 0.15) is 6.42 Å². The van der Waals surface area contributed by atoms with Crippen LogP contribution in [0.15, 0.2) is 0 Å². The molecule has 0 aliphatic carbocycles. The molecule has 9 heavy (non-hydrogen) atoms. The minimum atomic E-state index is -0.859. The maximum Gasteiger partial charge on any atom is 0.341 e. The zero-order valence-electron chi connectivity index (χ0n) is 4.78. The number of carbonyl (C=O) groups is 1. The summed E-state index contributed by atoms with van der Waals surface area (Å²) in [5, 5.41) is 9.62. The predicted octanol–water partition coefficient (Wildman–Crippen LogP) is -0.979. The van der Waals surface area contributed by atoms with Gasteiger partial charge in [0.2, 0.25) is 0 Å². The number of aliphatic hydroxyl groups is 1. The van der Waals surface area contributed by atoms with Gasteiger partial charge in [0.15, 0.2) is 6.23 Å². The van der Waals surface area contributed by atoms with Crippen molar-refractivity contribution in [1.82, 2.24) is 5.06 Å².